The predicted molar refractivity (Wildman–Crippen MR) is 177 cm³/mol. The van der Waals surface area contributed by atoms with E-state index in [0.717, 1.165) is 34.7 Å². The molecule has 1 amide bonds. The Balaban J connectivity index is 1.12. The average molecular weight is 661 g/mol. The second-order valence-corrected chi connectivity index (χ2v) is 13.1. The Morgan fingerprint density at radius 2 is 1.39 bits per heavy atom. The summed E-state index contributed by atoms with van der Waals surface area (Å²) >= 11 is 14.1. The molecule has 238 valence electrons. The molecule has 46 heavy (non-hydrogen) atoms. The fourth-order valence-electron chi connectivity index (χ4n) is 6.66. The van der Waals surface area contributed by atoms with Crippen LogP contribution in [0.1, 0.15) is 43.5 Å². The van der Waals surface area contributed by atoms with E-state index in [4.69, 9.17) is 47.6 Å². The number of benzene rings is 2. The van der Waals surface area contributed by atoms with Crippen molar-refractivity contribution in [2.75, 3.05) is 20.8 Å². The summed E-state index contributed by atoms with van der Waals surface area (Å²) in [6, 6.07) is 11.6. The fraction of sp³-hybridized carbons (Fsp3) is 0.382. The lowest BCUT2D eigenvalue weighted by molar-refractivity contribution is -0.119. The van der Waals surface area contributed by atoms with Crippen molar-refractivity contribution >= 4 is 29.1 Å². The number of halogens is 2. The summed E-state index contributed by atoms with van der Waals surface area (Å²) in [5.41, 5.74) is 5.82. The molecule has 2 bridgehead atoms. The van der Waals surface area contributed by atoms with Crippen LogP contribution < -0.4 is 25.4 Å². The number of hydrogen-bond acceptors (Lipinski definition) is 9. The molecule has 8 rings (SSSR count). The number of nitrogens with one attached hydrogen (secondary N) is 3. The lowest BCUT2D eigenvalue weighted by atomic mass is 9.50. The zero-order chi connectivity index (χ0) is 31.8. The van der Waals surface area contributed by atoms with Crippen LogP contribution in [0.3, 0.4) is 0 Å². The molecule has 12 heteroatoms. The van der Waals surface area contributed by atoms with Gasteiger partial charge in [-0.25, -0.2) is 9.97 Å². The number of carbonyl (C=O) groups is 1. The maximum Gasteiger partial charge on any atom is 0.237 e. The van der Waals surface area contributed by atoms with Gasteiger partial charge < -0.3 is 25.4 Å². The largest absolute Gasteiger partial charge is 0.480 e. The average Bonchev–Trinajstić information content (AvgIpc) is 3.45. The molecule has 10 nitrogen and oxygen atoms in total. The minimum atomic E-state index is 0.0893. The van der Waals surface area contributed by atoms with E-state index in [2.05, 4.69) is 20.9 Å². The molecule has 0 radical (unpaired) electrons. The van der Waals surface area contributed by atoms with Crippen molar-refractivity contribution in [2.24, 2.45) is 5.92 Å². The number of methoxy groups -OCH3 is 2. The molecule has 4 aromatic rings. The maximum atomic E-state index is 11.5. The van der Waals surface area contributed by atoms with Gasteiger partial charge in [0, 0.05) is 59.9 Å². The SMILES string of the molecule is COc1nc(-c2cccc(-c3cccc(-c4cnc(CNC56CC(C5)C6)c(OC)n4)c3Cl)c2Cl)cnc1CNC[C@@H]1CCC(=O)N1. The monoisotopic (exact) mass is 659 g/mol. The highest BCUT2D eigenvalue weighted by atomic mass is 35.5. The number of hydrogen-bond donors (Lipinski definition) is 3. The second-order valence-electron chi connectivity index (χ2n) is 12.3. The van der Waals surface area contributed by atoms with E-state index in [1.165, 1.54) is 19.3 Å². The van der Waals surface area contributed by atoms with Gasteiger partial charge in [-0.2, -0.15) is 0 Å². The van der Waals surface area contributed by atoms with E-state index in [1.807, 2.05) is 36.4 Å². The highest BCUT2D eigenvalue weighted by Crippen LogP contribution is 2.57. The summed E-state index contributed by atoms with van der Waals surface area (Å²) in [6.07, 6.45) is 8.56. The predicted octanol–water partition coefficient (Wildman–Crippen LogP) is 5.60. The molecule has 2 aromatic carbocycles. The van der Waals surface area contributed by atoms with Crippen molar-refractivity contribution in [2.45, 2.75) is 56.8 Å². The number of nitrogens with zero attached hydrogens (tertiary/aromatic N) is 4. The topological polar surface area (TPSA) is 123 Å². The number of rotatable bonds is 12. The lowest BCUT2D eigenvalue weighted by Gasteiger charge is -2.62. The van der Waals surface area contributed by atoms with Crippen molar-refractivity contribution in [3.8, 4) is 45.4 Å². The first-order valence-corrected chi connectivity index (χ1v) is 16.2. The van der Waals surface area contributed by atoms with Crippen molar-refractivity contribution < 1.29 is 14.3 Å². The minimum absolute atomic E-state index is 0.0893. The van der Waals surface area contributed by atoms with Crippen LogP contribution in [0.15, 0.2) is 48.8 Å². The van der Waals surface area contributed by atoms with Crippen molar-refractivity contribution in [3.63, 3.8) is 0 Å². The smallest absolute Gasteiger partial charge is 0.237 e. The van der Waals surface area contributed by atoms with Crippen molar-refractivity contribution in [3.05, 3.63) is 70.2 Å². The Morgan fingerprint density at radius 3 is 1.87 bits per heavy atom. The van der Waals surface area contributed by atoms with Crippen molar-refractivity contribution in [1.82, 2.24) is 35.9 Å². The Bertz CT molecular complexity index is 1790. The molecular formula is C34H35Cl2N7O3. The minimum Gasteiger partial charge on any atom is -0.480 e. The first-order valence-electron chi connectivity index (χ1n) is 15.5. The van der Waals surface area contributed by atoms with Crippen LogP contribution in [0.5, 0.6) is 11.8 Å². The zero-order valence-corrected chi connectivity index (χ0v) is 27.2. The van der Waals surface area contributed by atoms with Crippen LogP contribution in [0.4, 0.5) is 0 Å². The molecule has 0 unspecified atom stereocenters. The first kappa shape index (κ1) is 30.8. The molecule has 1 aliphatic heterocycles. The highest BCUT2D eigenvalue weighted by Gasteiger charge is 2.56. The molecular weight excluding hydrogens is 625 g/mol. The van der Waals surface area contributed by atoms with Crippen LogP contribution >= 0.6 is 23.2 Å². The van der Waals surface area contributed by atoms with Crippen LogP contribution in [0, 0.1) is 5.92 Å². The zero-order valence-electron chi connectivity index (χ0n) is 25.7. The van der Waals surface area contributed by atoms with E-state index in [9.17, 15) is 4.79 Å². The van der Waals surface area contributed by atoms with E-state index < -0.39 is 0 Å². The summed E-state index contributed by atoms with van der Waals surface area (Å²) in [6.45, 7) is 1.71. The van der Waals surface area contributed by atoms with Gasteiger partial charge in [-0.05, 0) is 31.6 Å². The summed E-state index contributed by atoms with van der Waals surface area (Å²) in [5.74, 6) is 1.87. The molecule has 2 aromatic heterocycles. The third-order valence-corrected chi connectivity index (χ3v) is 10.1. The van der Waals surface area contributed by atoms with Gasteiger partial charge in [0.2, 0.25) is 17.7 Å². The molecule has 1 saturated heterocycles. The molecule has 3 N–H and O–H groups in total. The van der Waals surface area contributed by atoms with Gasteiger partial charge in [0.15, 0.2) is 0 Å². The Kier molecular flexibility index (Phi) is 8.54. The summed E-state index contributed by atoms with van der Waals surface area (Å²) in [7, 11) is 3.18. The number of aromatic nitrogens is 4. The Hall–Kier alpha value is -3.83. The maximum absolute atomic E-state index is 11.5. The third kappa shape index (κ3) is 5.90. The molecule has 3 aliphatic carbocycles. The van der Waals surface area contributed by atoms with Gasteiger partial charge >= 0.3 is 0 Å². The fourth-order valence-corrected chi connectivity index (χ4v) is 7.31. The van der Waals surface area contributed by atoms with Gasteiger partial charge in [0.1, 0.15) is 11.4 Å². The van der Waals surface area contributed by atoms with Crippen LogP contribution in [0.25, 0.3) is 33.6 Å². The first-order chi connectivity index (χ1) is 22.4. The van der Waals surface area contributed by atoms with Gasteiger partial charge in [0.05, 0.1) is 48.0 Å². The van der Waals surface area contributed by atoms with E-state index in [1.54, 1.807) is 26.6 Å². The molecule has 4 fully saturated rings. The number of ether oxygens (including phenoxy) is 2. The molecule has 3 heterocycles. The van der Waals surface area contributed by atoms with E-state index >= 15 is 0 Å². The van der Waals surface area contributed by atoms with E-state index in [-0.39, 0.29) is 17.5 Å². The highest BCUT2D eigenvalue weighted by molar-refractivity contribution is 6.39. The quantitative estimate of drug-likeness (QED) is 0.178. The molecule has 0 spiro atoms. The van der Waals surface area contributed by atoms with Crippen molar-refractivity contribution in [1.29, 1.82) is 0 Å². The summed E-state index contributed by atoms with van der Waals surface area (Å²) in [4.78, 5) is 30.3. The lowest BCUT2D eigenvalue weighted by Crippen LogP contribution is -2.66. The normalized spacial score (nSPS) is 21.3. The van der Waals surface area contributed by atoms with Crippen LogP contribution in [-0.2, 0) is 17.9 Å². The Labute approximate surface area is 277 Å². The standard InChI is InChI=1S/C34H35Cl2N7O3/c1-45-32-27(15-37-14-20-9-10-29(44)41-20)38-16-25(42-32)23-7-3-5-21(30(23)35)22-6-4-8-24(31(22)36)26-17-39-28(33(43-26)46-2)18-40-34-11-19(12-34)13-34/h3-8,16-17,19-20,37,40H,9-15,18H2,1-2H3,(H,41,44)/t19?,20-,34?/m0/s1. The van der Waals surface area contributed by atoms with Crippen LogP contribution in [0.2, 0.25) is 10.0 Å². The molecule has 3 saturated carbocycles. The number of amides is 1. The summed E-state index contributed by atoms with van der Waals surface area (Å²) < 4.78 is 11.2. The van der Waals surface area contributed by atoms with Gasteiger partial charge in [-0.3, -0.25) is 14.8 Å². The Morgan fingerprint density at radius 1 is 0.848 bits per heavy atom. The number of carbonyl (C=O) groups excluding carboxylic acids is 1. The summed E-state index contributed by atoms with van der Waals surface area (Å²) in [5, 5.41) is 10.9. The van der Waals surface area contributed by atoms with Gasteiger partial charge in [0.25, 0.3) is 0 Å². The third-order valence-electron chi connectivity index (χ3n) is 9.29. The molecule has 1 atom stereocenters. The molecule has 4 aliphatic rings. The van der Waals surface area contributed by atoms with Gasteiger partial charge in [-0.1, -0.05) is 59.6 Å². The van der Waals surface area contributed by atoms with Crippen LogP contribution in [-0.4, -0.2) is 58.2 Å². The van der Waals surface area contributed by atoms with Gasteiger partial charge in [-0.15, -0.1) is 0 Å². The second kappa shape index (κ2) is 12.8. The van der Waals surface area contributed by atoms with E-state index in [0.29, 0.717) is 70.5 Å².